The Hall–Kier alpha value is -0.0800. The van der Waals surface area contributed by atoms with Crippen LogP contribution in [0.1, 0.15) is 59.3 Å². The molecule has 2 N–H and O–H groups in total. The lowest BCUT2D eigenvalue weighted by atomic mass is 9.78. The Kier molecular flexibility index (Phi) is 5.08. The van der Waals surface area contributed by atoms with Crippen LogP contribution in [0.2, 0.25) is 0 Å². The first-order valence-corrected chi connectivity index (χ1v) is 8.09. The Morgan fingerprint density at radius 2 is 1.89 bits per heavy atom. The van der Waals surface area contributed by atoms with Crippen LogP contribution in [0.4, 0.5) is 0 Å². The molecule has 0 spiro atoms. The molecule has 18 heavy (non-hydrogen) atoms. The number of hydrogen-bond acceptors (Lipinski definition) is 2. The van der Waals surface area contributed by atoms with Crippen molar-refractivity contribution in [1.82, 2.24) is 4.90 Å². The van der Waals surface area contributed by atoms with Gasteiger partial charge in [0.1, 0.15) is 0 Å². The molecule has 1 aliphatic carbocycles. The molecule has 1 heterocycles. The van der Waals surface area contributed by atoms with Crippen molar-refractivity contribution in [1.29, 1.82) is 0 Å². The largest absolute Gasteiger partial charge is 0.327 e. The fourth-order valence-corrected chi connectivity index (χ4v) is 3.88. The molecule has 1 saturated carbocycles. The highest BCUT2D eigenvalue weighted by molar-refractivity contribution is 4.86. The summed E-state index contributed by atoms with van der Waals surface area (Å²) in [6, 6.07) is 1.23. The van der Waals surface area contributed by atoms with Crippen LogP contribution in [0.25, 0.3) is 0 Å². The number of piperidine rings is 1. The zero-order chi connectivity index (χ0) is 13.1. The van der Waals surface area contributed by atoms with Gasteiger partial charge in [-0.2, -0.15) is 0 Å². The predicted octanol–water partition coefficient (Wildman–Crippen LogP) is 3.26. The number of nitrogens with zero attached hydrogens (tertiary/aromatic N) is 1. The van der Waals surface area contributed by atoms with E-state index in [1.165, 1.54) is 51.6 Å². The number of hydrogen-bond donors (Lipinski definition) is 1. The van der Waals surface area contributed by atoms with Gasteiger partial charge in [0, 0.05) is 25.2 Å². The number of rotatable bonds is 3. The predicted molar refractivity (Wildman–Crippen MR) is 78.5 cm³/mol. The molecular formula is C16H32N2. The van der Waals surface area contributed by atoms with Crippen molar-refractivity contribution in [2.75, 3.05) is 13.1 Å². The average molecular weight is 252 g/mol. The van der Waals surface area contributed by atoms with Crippen LogP contribution in [0.5, 0.6) is 0 Å². The maximum atomic E-state index is 6.34. The second-order valence-corrected chi connectivity index (χ2v) is 7.00. The molecule has 0 radical (unpaired) electrons. The highest BCUT2D eigenvalue weighted by atomic mass is 15.2. The van der Waals surface area contributed by atoms with E-state index in [1.54, 1.807) is 0 Å². The van der Waals surface area contributed by atoms with Crippen molar-refractivity contribution >= 4 is 0 Å². The van der Waals surface area contributed by atoms with Gasteiger partial charge in [-0.3, -0.25) is 0 Å². The van der Waals surface area contributed by atoms with Gasteiger partial charge in [0.05, 0.1) is 0 Å². The van der Waals surface area contributed by atoms with Gasteiger partial charge in [-0.1, -0.05) is 20.3 Å². The van der Waals surface area contributed by atoms with E-state index in [4.69, 9.17) is 5.73 Å². The molecule has 0 aromatic rings. The smallest absolute Gasteiger partial charge is 0.00795 e. The number of likely N-dealkylation sites (tertiary alicyclic amines) is 1. The van der Waals surface area contributed by atoms with Crippen molar-refractivity contribution in [3.63, 3.8) is 0 Å². The zero-order valence-corrected chi connectivity index (χ0v) is 12.6. The second-order valence-electron chi connectivity index (χ2n) is 7.00. The standard InChI is InChI=1S/C16H32N2/c1-4-14-7-6-13(3)18(10-14)11-15-9-12(2)5-8-16(15)17/h12-16H,4-11,17H2,1-3H3. The summed E-state index contributed by atoms with van der Waals surface area (Å²) in [6.45, 7) is 9.71. The lowest BCUT2D eigenvalue weighted by Crippen LogP contribution is -2.48. The van der Waals surface area contributed by atoms with Gasteiger partial charge < -0.3 is 10.6 Å². The van der Waals surface area contributed by atoms with Gasteiger partial charge in [-0.25, -0.2) is 0 Å². The summed E-state index contributed by atoms with van der Waals surface area (Å²) < 4.78 is 0. The van der Waals surface area contributed by atoms with E-state index in [2.05, 4.69) is 25.7 Å². The van der Waals surface area contributed by atoms with Crippen LogP contribution >= 0.6 is 0 Å². The van der Waals surface area contributed by atoms with Crippen LogP contribution in [0.3, 0.4) is 0 Å². The number of nitrogens with two attached hydrogens (primary N) is 1. The van der Waals surface area contributed by atoms with E-state index < -0.39 is 0 Å². The Morgan fingerprint density at radius 1 is 1.11 bits per heavy atom. The third kappa shape index (κ3) is 3.48. The van der Waals surface area contributed by atoms with Gasteiger partial charge in [0.2, 0.25) is 0 Å². The molecule has 0 amide bonds. The van der Waals surface area contributed by atoms with Crippen molar-refractivity contribution in [2.24, 2.45) is 23.5 Å². The Bertz CT molecular complexity index is 253. The minimum Gasteiger partial charge on any atom is -0.327 e. The molecule has 0 aromatic heterocycles. The van der Waals surface area contributed by atoms with Crippen LogP contribution in [-0.2, 0) is 0 Å². The van der Waals surface area contributed by atoms with Crippen LogP contribution in [0.15, 0.2) is 0 Å². The molecule has 5 unspecified atom stereocenters. The van der Waals surface area contributed by atoms with E-state index in [0.29, 0.717) is 6.04 Å². The fourth-order valence-electron chi connectivity index (χ4n) is 3.88. The van der Waals surface area contributed by atoms with E-state index in [-0.39, 0.29) is 0 Å². The van der Waals surface area contributed by atoms with Gasteiger partial charge in [0.15, 0.2) is 0 Å². The van der Waals surface area contributed by atoms with Gasteiger partial charge in [0.25, 0.3) is 0 Å². The lowest BCUT2D eigenvalue weighted by Gasteiger charge is -2.42. The first-order chi connectivity index (χ1) is 8.60. The molecule has 2 nitrogen and oxygen atoms in total. The van der Waals surface area contributed by atoms with Gasteiger partial charge in [-0.05, 0) is 56.8 Å². The Morgan fingerprint density at radius 3 is 2.61 bits per heavy atom. The molecule has 2 rings (SSSR count). The van der Waals surface area contributed by atoms with Crippen LogP contribution in [-0.4, -0.2) is 30.1 Å². The van der Waals surface area contributed by atoms with E-state index in [1.807, 2.05) is 0 Å². The minimum atomic E-state index is 0.454. The monoisotopic (exact) mass is 252 g/mol. The molecule has 2 fully saturated rings. The van der Waals surface area contributed by atoms with Gasteiger partial charge in [-0.15, -0.1) is 0 Å². The molecule has 1 aliphatic heterocycles. The summed E-state index contributed by atoms with van der Waals surface area (Å²) >= 11 is 0. The van der Waals surface area contributed by atoms with Crippen LogP contribution < -0.4 is 5.73 Å². The normalized spacial score (nSPS) is 43.0. The van der Waals surface area contributed by atoms with E-state index in [9.17, 15) is 0 Å². The molecule has 2 heteroatoms. The van der Waals surface area contributed by atoms with Crippen LogP contribution in [0, 0.1) is 17.8 Å². The van der Waals surface area contributed by atoms with E-state index >= 15 is 0 Å². The molecular weight excluding hydrogens is 220 g/mol. The Balaban J connectivity index is 1.89. The molecule has 0 aromatic carbocycles. The quantitative estimate of drug-likeness (QED) is 0.835. The maximum absolute atomic E-state index is 6.34. The van der Waals surface area contributed by atoms with Crippen molar-refractivity contribution < 1.29 is 0 Å². The molecule has 5 atom stereocenters. The topological polar surface area (TPSA) is 29.3 Å². The second kappa shape index (κ2) is 6.38. The molecule has 106 valence electrons. The van der Waals surface area contributed by atoms with Gasteiger partial charge >= 0.3 is 0 Å². The lowest BCUT2D eigenvalue weighted by molar-refractivity contribution is 0.0762. The first kappa shape index (κ1) is 14.3. The van der Waals surface area contributed by atoms with Crippen molar-refractivity contribution in [3.05, 3.63) is 0 Å². The molecule has 1 saturated heterocycles. The average Bonchev–Trinajstić information content (AvgIpc) is 2.36. The summed E-state index contributed by atoms with van der Waals surface area (Å²) in [5, 5.41) is 0. The van der Waals surface area contributed by atoms with E-state index in [0.717, 1.165) is 23.8 Å². The van der Waals surface area contributed by atoms with Crippen molar-refractivity contribution in [3.8, 4) is 0 Å². The third-order valence-electron chi connectivity index (χ3n) is 5.46. The summed E-state index contributed by atoms with van der Waals surface area (Å²) in [7, 11) is 0. The molecule has 2 aliphatic rings. The summed E-state index contributed by atoms with van der Waals surface area (Å²) in [5.74, 6) is 2.56. The third-order valence-corrected chi connectivity index (χ3v) is 5.46. The summed E-state index contributed by atoms with van der Waals surface area (Å²) in [5.41, 5.74) is 6.34. The zero-order valence-electron chi connectivity index (χ0n) is 12.6. The summed E-state index contributed by atoms with van der Waals surface area (Å²) in [6.07, 6.45) is 8.09. The first-order valence-electron chi connectivity index (χ1n) is 8.09. The SMILES string of the molecule is CCC1CCC(C)N(CC2CC(C)CCC2N)C1. The Labute approximate surface area is 113 Å². The van der Waals surface area contributed by atoms with Crippen molar-refractivity contribution in [2.45, 2.75) is 71.4 Å². The fraction of sp³-hybridized carbons (Fsp3) is 1.00. The highest BCUT2D eigenvalue weighted by Gasteiger charge is 2.31. The molecule has 0 bridgehead atoms. The summed E-state index contributed by atoms with van der Waals surface area (Å²) in [4.78, 5) is 2.74. The maximum Gasteiger partial charge on any atom is 0.00795 e. The highest BCUT2D eigenvalue weighted by Crippen LogP contribution is 2.31. The minimum absolute atomic E-state index is 0.454.